The average molecular weight is 576 g/mol. The van der Waals surface area contributed by atoms with Gasteiger partial charge in [0.2, 0.25) is 0 Å². The van der Waals surface area contributed by atoms with Crippen LogP contribution in [-0.2, 0) is 4.74 Å². The topological polar surface area (TPSA) is 104 Å². The SMILES string of the molecule is CC(C)(C)OC(=O)N1CCC[C@@H](NC(=O)c2sc3nccc4c3c2NC(=O)N4c2ccc(-c3cccs3)cc2)C1. The van der Waals surface area contributed by atoms with Crippen LogP contribution in [-0.4, -0.2) is 52.6 Å². The Kier molecular flexibility index (Phi) is 6.71. The smallest absolute Gasteiger partial charge is 0.410 e. The van der Waals surface area contributed by atoms with E-state index < -0.39 is 5.60 Å². The van der Waals surface area contributed by atoms with Gasteiger partial charge in [-0.05, 0) is 68.8 Å². The van der Waals surface area contributed by atoms with E-state index >= 15 is 0 Å². The number of piperidine rings is 1. The largest absolute Gasteiger partial charge is 0.444 e. The molecule has 0 spiro atoms. The molecular formula is C29H29N5O4S2. The number of carbonyl (C=O) groups is 3. The van der Waals surface area contributed by atoms with Gasteiger partial charge < -0.3 is 20.3 Å². The van der Waals surface area contributed by atoms with E-state index in [1.54, 1.807) is 33.4 Å². The zero-order valence-electron chi connectivity index (χ0n) is 22.4. The number of likely N-dealkylation sites (tertiary alicyclic amines) is 1. The third-order valence-electron chi connectivity index (χ3n) is 6.79. The summed E-state index contributed by atoms with van der Waals surface area (Å²) < 4.78 is 5.51. The Morgan fingerprint density at radius 1 is 1.15 bits per heavy atom. The molecule has 11 heteroatoms. The van der Waals surface area contributed by atoms with Crippen LogP contribution in [0.15, 0.2) is 54.0 Å². The van der Waals surface area contributed by atoms with Crippen molar-refractivity contribution in [2.24, 2.45) is 0 Å². The molecule has 4 aromatic rings. The van der Waals surface area contributed by atoms with Crippen molar-refractivity contribution >= 4 is 68.0 Å². The van der Waals surface area contributed by atoms with Crippen molar-refractivity contribution in [2.45, 2.75) is 45.3 Å². The fraction of sp³-hybridized carbons (Fsp3) is 0.310. The summed E-state index contributed by atoms with van der Waals surface area (Å²) >= 11 is 2.91. The Morgan fingerprint density at radius 2 is 1.95 bits per heavy atom. The summed E-state index contributed by atoms with van der Waals surface area (Å²) in [5.74, 6) is -0.297. The van der Waals surface area contributed by atoms with Gasteiger partial charge in [-0.1, -0.05) is 18.2 Å². The predicted octanol–water partition coefficient (Wildman–Crippen LogP) is 6.84. The number of ether oxygens (including phenoxy) is 1. The molecule has 6 rings (SSSR count). The highest BCUT2D eigenvalue weighted by Crippen LogP contribution is 2.46. The number of hydrogen-bond acceptors (Lipinski definition) is 7. The van der Waals surface area contributed by atoms with Gasteiger partial charge in [0.25, 0.3) is 5.91 Å². The first-order valence-electron chi connectivity index (χ1n) is 13.1. The van der Waals surface area contributed by atoms with E-state index in [0.717, 1.165) is 34.4 Å². The summed E-state index contributed by atoms with van der Waals surface area (Å²) in [6.07, 6.45) is 2.78. The Morgan fingerprint density at radius 3 is 2.67 bits per heavy atom. The Balaban J connectivity index is 1.25. The monoisotopic (exact) mass is 575 g/mol. The van der Waals surface area contributed by atoms with Crippen molar-refractivity contribution in [1.29, 1.82) is 0 Å². The third-order valence-corrected chi connectivity index (χ3v) is 8.81. The van der Waals surface area contributed by atoms with Crippen LogP contribution in [0.2, 0.25) is 0 Å². The lowest BCUT2D eigenvalue weighted by Gasteiger charge is -2.34. The molecule has 3 aromatic heterocycles. The van der Waals surface area contributed by atoms with Crippen LogP contribution in [0.25, 0.3) is 20.7 Å². The molecule has 1 aromatic carbocycles. The maximum atomic E-state index is 13.5. The van der Waals surface area contributed by atoms with E-state index in [1.165, 1.54) is 11.3 Å². The average Bonchev–Trinajstić information content (AvgIpc) is 3.58. The maximum Gasteiger partial charge on any atom is 0.410 e. The van der Waals surface area contributed by atoms with Crippen LogP contribution in [0, 0.1) is 0 Å². The van der Waals surface area contributed by atoms with Gasteiger partial charge in [-0.3, -0.25) is 9.69 Å². The van der Waals surface area contributed by atoms with Crippen molar-refractivity contribution < 1.29 is 19.1 Å². The second kappa shape index (κ2) is 10.2. The molecule has 1 fully saturated rings. The van der Waals surface area contributed by atoms with Gasteiger partial charge in [-0.25, -0.2) is 14.6 Å². The molecule has 2 aliphatic heterocycles. The van der Waals surface area contributed by atoms with Crippen LogP contribution >= 0.6 is 22.7 Å². The van der Waals surface area contributed by atoms with Gasteiger partial charge in [0.05, 0.1) is 22.4 Å². The number of nitrogens with zero attached hydrogens (tertiary/aromatic N) is 3. The van der Waals surface area contributed by atoms with Crippen molar-refractivity contribution in [1.82, 2.24) is 15.2 Å². The first-order valence-corrected chi connectivity index (χ1v) is 14.8. The van der Waals surface area contributed by atoms with E-state index in [9.17, 15) is 14.4 Å². The minimum atomic E-state index is -0.587. The molecule has 2 aliphatic rings. The van der Waals surface area contributed by atoms with Gasteiger partial charge >= 0.3 is 12.1 Å². The number of benzene rings is 1. The highest BCUT2D eigenvalue weighted by molar-refractivity contribution is 7.21. The molecule has 0 unspecified atom stereocenters. The van der Waals surface area contributed by atoms with E-state index in [2.05, 4.69) is 21.7 Å². The van der Waals surface area contributed by atoms with E-state index in [1.807, 2.05) is 56.5 Å². The van der Waals surface area contributed by atoms with Crippen molar-refractivity contribution in [3.63, 3.8) is 0 Å². The molecule has 40 heavy (non-hydrogen) atoms. The number of thiophene rings is 2. The van der Waals surface area contributed by atoms with Crippen LogP contribution < -0.4 is 15.5 Å². The first kappa shape index (κ1) is 26.3. The summed E-state index contributed by atoms with van der Waals surface area (Å²) in [4.78, 5) is 49.4. The quantitative estimate of drug-likeness (QED) is 0.277. The molecule has 206 valence electrons. The number of nitrogens with one attached hydrogen (secondary N) is 2. The Hall–Kier alpha value is -3.96. The molecule has 0 saturated carbocycles. The molecule has 1 saturated heterocycles. The fourth-order valence-corrected chi connectivity index (χ4v) is 6.81. The standard InChI is InChI=1S/C29H29N5O4S2/c1-29(2,3)38-28(37)33-14-4-6-18(16-33)31-25(35)24-23-22-20(12-13-30-26(22)40-24)34(27(36)32-23)19-10-8-17(9-11-19)21-7-5-15-39-21/h5,7-13,15,18H,4,6,14,16H2,1-3H3,(H,31,35)(H,32,36)/t18-/m1/s1. The van der Waals surface area contributed by atoms with Gasteiger partial charge in [0.1, 0.15) is 15.3 Å². The third kappa shape index (κ3) is 5.02. The van der Waals surface area contributed by atoms with Gasteiger partial charge in [-0.15, -0.1) is 22.7 Å². The number of anilines is 3. The highest BCUT2D eigenvalue weighted by Gasteiger charge is 2.34. The number of aromatic nitrogens is 1. The van der Waals surface area contributed by atoms with Crippen molar-refractivity contribution in [3.8, 4) is 10.4 Å². The number of hydrogen-bond donors (Lipinski definition) is 2. The van der Waals surface area contributed by atoms with Crippen LogP contribution in [0.4, 0.5) is 26.7 Å². The first-order chi connectivity index (χ1) is 19.2. The van der Waals surface area contributed by atoms with Crippen molar-refractivity contribution in [3.05, 3.63) is 58.9 Å². The highest BCUT2D eigenvalue weighted by atomic mass is 32.1. The molecule has 0 aliphatic carbocycles. The molecule has 9 nitrogen and oxygen atoms in total. The van der Waals surface area contributed by atoms with Gasteiger partial charge in [-0.2, -0.15) is 0 Å². The lowest BCUT2D eigenvalue weighted by atomic mass is 10.1. The second-order valence-electron chi connectivity index (χ2n) is 10.8. The van der Waals surface area contributed by atoms with Crippen molar-refractivity contribution in [2.75, 3.05) is 23.3 Å². The Bertz CT molecular complexity index is 1590. The summed E-state index contributed by atoms with van der Waals surface area (Å²) in [5.41, 5.74) is 2.36. The molecule has 4 amide bonds. The number of rotatable bonds is 4. The second-order valence-corrected chi connectivity index (χ2v) is 12.8. The minimum Gasteiger partial charge on any atom is -0.444 e. The summed E-state index contributed by atoms with van der Waals surface area (Å²) in [5, 5.41) is 8.79. The number of urea groups is 1. The summed E-state index contributed by atoms with van der Waals surface area (Å²) in [7, 11) is 0. The molecule has 0 bridgehead atoms. The van der Waals surface area contributed by atoms with Gasteiger partial charge in [0, 0.05) is 30.2 Å². The fourth-order valence-electron chi connectivity index (χ4n) is 5.06. The normalized spacial score (nSPS) is 17.1. The van der Waals surface area contributed by atoms with E-state index in [-0.39, 0.29) is 24.1 Å². The number of carbonyl (C=O) groups excluding carboxylic acids is 3. The summed E-state index contributed by atoms with van der Waals surface area (Å²) in [6.45, 7) is 6.45. The van der Waals surface area contributed by atoms with Crippen LogP contribution in [0.1, 0.15) is 43.3 Å². The predicted molar refractivity (Wildman–Crippen MR) is 159 cm³/mol. The van der Waals surface area contributed by atoms with Crippen LogP contribution in [0.3, 0.4) is 0 Å². The molecule has 0 radical (unpaired) electrons. The lowest BCUT2D eigenvalue weighted by Crippen LogP contribution is -2.50. The number of amides is 4. The zero-order valence-corrected chi connectivity index (χ0v) is 24.0. The van der Waals surface area contributed by atoms with E-state index in [4.69, 9.17) is 4.74 Å². The van der Waals surface area contributed by atoms with Crippen LogP contribution in [0.5, 0.6) is 0 Å². The Labute approximate surface area is 239 Å². The molecule has 2 N–H and O–H groups in total. The lowest BCUT2D eigenvalue weighted by molar-refractivity contribution is 0.0185. The summed E-state index contributed by atoms with van der Waals surface area (Å²) in [6, 6.07) is 13.1. The molecule has 1 atom stereocenters. The molecule has 5 heterocycles. The number of pyridine rings is 1. The maximum absolute atomic E-state index is 13.5. The minimum absolute atomic E-state index is 0.226. The molecular weight excluding hydrogens is 546 g/mol. The zero-order chi connectivity index (χ0) is 28.0. The van der Waals surface area contributed by atoms with E-state index in [0.29, 0.717) is 34.2 Å². The van der Waals surface area contributed by atoms with Gasteiger partial charge in [0.15, 0.2) is 0 Å².